The van der Waals surface area contributed by atoms with E-state index in [-0.39, 0.29) is 35.5 Å². The zero-order chi connectivity index (χ0) is 16.0. The monoisotopic (exact) mass is 293 g/mol. The molecule has 1 unspecified atom stereocenters. The molecule has 7 nitrogen and oxygen atoms in total. The normalized spacial score (nSPS) is 11.6. The third-order valence-corrected chi connectivity index (χ3v) is 2.82. The Labute approximate surface area is 122 Å². The highest BCUT2D eigenvalue weighted by Crippen LogP contribution is 2.21. The van der Waals surface area contributed by atoms with Crippen molar-refractivity contribution in [3.63, 3.8) is 0 Å². The number of carbonyl (C=O) groups excluding carboxylic acids is 2. The number of anilines is 2. The number of benzene rings is 1. The second-order valence-electron chi connectivity index (χ2n) is 4.67. The van der Waals surface area contributed by atoms with Crippen molar-refractivity contribution in [3.05, 3.63) is 23.8 Å². The van der Waals surface area contributed by atoms with Gasteiger partial charge < -0.3 is 21.5 Å². The van der Waals surface area contributed by atoms with Crippen molar-refractivity contribution < 1.29 is 19.5 Å². The summed E-state index contributed by atoms with van der Waals surface area (Å²) in [7, 11) is 0. The zero-order valence-corrected chi connectivity index (χ0v) is 12.0. The number of carboxylic acid groups (broad SMARTS) is 1. The number of nitrogens with one attached hydrogen (secondary N) is 2. The van der Waals surface area contributed by atoms with Gasteiger partial charge in [-0.3, -0.25) is 9.59 Å². The summed E-state index contributed by atoms with van der Waals surface area (Å²) < 4.78 is 0. The van der Waals surface area contributed by atoms with Gasteiger partial charge in [-0.05, 0) is 24.6 Å². The van der Waals surface area contributed by atoms with Crippen LogP contribution in [0, 0.1) is 0 Å². The van der Waals surface area contributed by atoms with E-state index in [4.69, 9.17) is 5.73 Å². The lowest BCUT2D eigenvalue weighted by atomic mass is 10.1. The number of carbonyl (C=O) groups is 3. The smallest absolute Gasteiger partial charge is 0.337 e. The molecule has 7 heteroatoms. The van der Waals surface area contributed by atoms with Gasteiger partial charge in [-0.1, -0.05) is 6.92 Å². The second kappa shape index (κ2) is 7.39. The fraction of sp³-hybridized carbons (Fsp3) is 0.357. The first-order chi connectivity index (χ1) is 9.83. The number of rotatable bonds is 6. The van der Waals surface area contributed by atoms with Gasteiger partial charge >= 0.3 is 5.97 Å². The van der Waals surface area contributed by atoms with E-state index in [1.165, 1.54) is 25.1 Å². The molecule has 0 bridgehead atoms. The Morgan fingerprint density at radius 2 is 1.95 bits per heavy atom. The maximum Gasteiger partial charge on any atom is 0.337 e. The molecule has 0 aliphatic carbocycles. The van der Waals surface area contributed by atoms with Gasteiger partial charge in [0.05, 0.1) is 11.3 Å². The molecule has 0 aliphatic rings. The summed E-state index contributed by atoms with van der Waals surface area (Å²) in [5.41, 5.74) is 6.10. The number of hydrogen-bond donors (Lipinski definition) is 4. The van der Waals surface area contributed by atoms with Gasteiger partial charge in [0, 0.05) is 25.1 Å². The van der Waals surface area contributed by atoms with Crippen LogP contribution in [0.3, 0.4) is 0 Å². The Hall–Kier alpha value is -2.41. The molecule has 0 fully saturated rings. The molecule has 1 rings (SSSR count). The second-order valence-corrected chi connectivity index (χ2v) is 4.67. The number of aromatic carboxylic acids is 1. The van der Waals surface area contributed by atoms with Crippen molar-refractivity contribution in [3.8, 4) is 0 Å². The Morgan fingerprint density at radius 3 is 2.48 bits per heavy atom. The molecule has 5 N–H and O–H groups in total. The van der Waals surface area contributed by atoms with Crippen molar-refractivity contribution in [1.29, 1.82) is 0 Å². The molecule has 1 aromatic rings. The van der Waals surface area contributed by atoms with E-state index >= 15 is 0 Å². The van der Waals surface area contributed by atoms with Crippen LogP contribution >= 0.6 is 0 Å². The predicted molar refractivity (Wildman–Crippen MR) is 79.2 cm³/mol. The number of hydrogen-bond acceptors (Lipinski definition) is 4. The number of amides is 2. The van der Waals surface area contributed by atoms with Crippen LogP contribution in [0.5, 0.6) is 0 Å². The quantitative estimate of drug-likeness (QED) is 0.631. The summed E-state index contributed by atoms with van der Waals surface area (Å²) in [5.74, 6) is -1.85. The Bertz CT molecular complexity index is 557. The first-order valence-corrected chi connectivity index (χ1v) is 6.53. The fourth-order valence-corrected chi connectivity index (χ4v) is 1.69. The Balaban J connectivity index is 2.93. The van der Waals surface area contributed by atoms with Gasteiger partial charge in [-0.2, -0.15) is 0 Å². The van der Waals surface area contributed by atoms with E-state index in [0.29, 0.717) is 12.1 Å². The average molecular weight is 293 g/mol. The first kappa shape index (κ1) is 16.6. The van der Waals surface area contributed by atoms with Crippen molar-refractivity contribution in [1.82, 2.24) is 0 Å². The van der Waals surface area contributed by atoms with Gasteiger partial charge in [-0.15, -0.1) is 0 Å². The van der Waals surface area contributed by atoms with Crippen molar-refractivity contribution in [2.45, 2.75) is 32.7 Å². The molecule has 0 aliphatic heterocycles. The average Bonchev–Trinajstić information content (AvgIpc) is 2.39. The fourth-order valence-electron chi connectivity index (χ4n) is 1.69. The third kappa shape index (κ3) is 5.23. The summed E-state index contributed by atoms with van der Waals surface area (Å²) in [5, 5.41) is 14.2. The molecular formula is C14H19N3O4. The van der Waals surface area contributed by atoms with Crippen LogP contribution in [0.2, 0.25) is 0 Å². The minimum absolute atomic E-state index is 0.0975. The topological polar surface area (TPSA) is 122 Å². The van der Waals surface area contributed by atoms with Crippen LogP contribution < -0.4 is 16.4 Å². The minimum atomic E-state index is -1.20. The molecule has 114 valence electrons. The Morgan fingerprint density at radius 1 is 1.29 bits per heavy atom. The highest BCUT2D eigenvalue weighted by molar-refractivity contribution is 6.02. The van der Waals surface area contributed by atoms with Gasteiger partial charge in [0.15, 0.2) is 0 Å². The highest BCUT2D eigenvalue weighted by atomic mass is 16.4. The van der Waals surface area contributed by atoms with Gasteiger partial charge in [0.1, 0.15) is 0 Å². The molecule has 0 spiro atoms. The van der Waals surface area contributed by atoms with Crippen LogP contribution in [0.15, 0.2) is 18.2 Å². The summed E-state index contributed by atoms with van der Waals surface area (Å²) in [6.45, 7) is 3.19. The summed E-state index contributed by atoms with van der Waals surface area (Å²) in [4.78, 5) is 34.0. The van der Waals surface area contributed by atoms with Crippen LogP contribution in [0.4, 0.5) is 11.4 Å². The standard InChI is InChI=1S/C14H19N3O4/c1-3-9(15)6-13(19)17-12-5-4-10(16-8(2)18)7-11(12)14(20)21/h4-5,7,9H,3,6,15H2,1-2H3,(H,16,18)(H,17,19)(H,20,21). The van der Waals surface area contributed by atoms with Crippen molar-refractivity contribution >= 4 is 29.2 Å². The van der Waals surface area contributed by atoms with E-state index in [1.54, 1.807) is 0 Å². The molecule has 0 saturated carbocycles. The molecular weight excluding hydrogens is 274 g/mol. The van der Waals surface area contributed by atoms with Gasteiger partial charge in [0.2, 0.25) is 11.8 Å². The van der Waals surface area contributed by atoms with Crippen molar-refractivity contribution in [2.24, 2.45) is 5.73 Å². The summed E-state index contributed by atoms with van der Waals surface area (Å²) >= 11 is 0. The summed E-state index contributed by atoms with van der Waals surface area (Å²) in [6.07, 6.45) is 0.768. The molecule has 1 aromatic carbocycles. The SMILES string of the molecule is CCC(N)CC(=O)Nc1ccc(NC(C)=O)cc1C(=O)O. The molecule has 0 radical (unpaired) electrons. The van der Waals surface area contributed by atoms with E-state index in [9.17, 15) is 19.5 Å². The molecule has 21 heavy (non-hydrogen) atoms. The van der Waals surface area contributed by atoms with Crippen LogP contribution in [-0.4, -0.2) is 28.9 Å². The zero-order valence-electron chi connectivity index (χ0n) is 12.0. The molecule has 1 atom stereocenters. The van der Waals surface area contributed by atoms with E-state index < -0.39 is 5.97 Å². The van der Waals surface area contributed by atoms with Crippen LogP contribution in [0.25, 0.3) is 0 Å². The largest absolute Gasteiger partial charge is 0.478 e. The molecule has 0 heterocycles. The lowest BCUT2D eigenvalue weighted by molar-refractivity contribution is -0.116. The minimum Gasteiger partial charge on any atom is -0.478 e. The summed E-state index contributed by atoms with van der Waals surface area (Å²) in [6, 6.07) is 3.98. The number of nitrogens with two attached hydrogens (primary N) is 1. The maximum absolute atomic E-state index is 11.8. The first-order valence-electron chi connectivity index (χ1n) is 6.53. The van der Waals surface area contributed by atoms with Gasteiger partial charge in [-0.25, -0.2) is 4.79 Å². The number of carboxylic acids is 1. The van der Waals surface area contributed by atoms with Crippen LogP contribution in [0.1, 0.15) is 37.0 Å². The maximum atomic E-state index is 11.8. The van der Waals surface area contributed by atoms with E-state index in [1.807, 2.05) is 6.92 Å². The lowest BCUT2D eigenvalue weighted by Crippen LogP contribution is -2.26. The van der Waals surface area contributed by atoms with Gasteiger partial charge in [0.25, 0.3) is 0 Å². The molecule has 2 amide bonds. The Kier molecular flexibility index (Phi) is 5.86. The van der Waals surface area contributed by atoms with Crippen molar-refractivity contribution in [2.75, 3.05) is 10.6 Å². The highest BCUT2D eigenvalue weighted by Gasteiger charge is 2.15. The molecule has 0 aromatic heterocycles. The van der Waals surface area contributed by atoms with E-state index in [2.05, 4.69) is 10.6 Å². The lowest BCUT2D eigenvalue weighted by Gasteiger charge is -2.12. The molecule has 0 saturated heterocycles. The van der Waals surface area contributed by atoms with Crippen LogP contribution in [-0.2, 0) is 9.59 Å². The predicted octanol–water partition coefficient (Wildman–Crippen LogP) is 1.41. The third-order valence-electron chi connectivity index (χ3n) is 2.82. The van der Waals surface area contributed by atoms with E-state index in [0.717, 1.165) is 0 Å².